The van der Waals surface area contributed by atoms with Crippen LogP contribution in [0.5, 0.6) is 5.75 Å². The zero-order chi connectivity index (χ0) is 21.4. The van der Waals surface area contributed by atoms with Gasteiger partial charge in [-0.15, -0.1) is 0 Å². The highest BCUT2D eigenvalue weighted by molar-refractivity contribution is 5.98. The number of aromatic nitrogens is 3. The number of methoxy groups -OCH3 is 1. The van der Waals surface area contributed by atoms with Gasteiger partial charge in [0.05, 0.1) is 19.2 Å². The first kappa shape index (κ1) is 19.7. The Kier molecular flexibility index (Phi) is 5.03. The number of rotatable bonds is 5. The minimum absolute atomic E-state index is 0.0713. The lowest BCUT2D eigenvalue weighted by atomic mass is 10.1. The summed E-state index contributed by atoms with van der Waals surface area (Å²) in [5.74, 6) is 0.384. The number of H-pyrrole nitrogens is 1. The number of fused-ring (bicyclic) bond motifs is 1. The van der Waals surface area contributed by atoms with Crippen molar-refractivity contribution in [2.75, 3.05) is 23.9 Å². The van der Waals surface area contributed by atoms with Crippen LogP contribution in [0, 0.1) is 13.8 Å². The molecule has 1 aliphatic rings. The van der Waals surface area contributed by atoms with E-state index in [9.17, 15) is 14.4 Å². The number of benzene rings is 1. The van der Waals surface area contributed by atoms with Gasteiger partial charge >= 0.3 is 0 Å². The topological polar surface area (TPSA) is 109 Å². The van der Waals surface area contributed by atoms with Crippen molar-refractivity contribution in [2.45, 2.75) is 33.1 Å². The van der Waals surface area contributed by atoms with Crippen molar-refractivity contribution >= 4 is 28.8 Å². The number of aryl methyl sites for hydroxylation is 2. The number of carbonyl (C=O) groups excluding carboxylic acids is 2. The van der Waals surface area contributed by atoms with Crippen LogP contribution in [0.25, 0.3) is 5.65 Å². The molecular formula is C21H23N5O4. The van der Waals surface area contributed by atoms with Crippen molar-refractivity contribution in [2.24, 2.45) is 0 Å². The Bertz CT molecular complexity index is 1210. The molecular weight excluding hydrogens is 386 g/mol. The molecule has 1 aromatic carbocycles. The van der Waals surface area contributed by atoms with Crippen LogP contribution in [0.2, 0.25) is 0 Å². The molecule has 0 radical (unpaired) electrons. The van der Waals surface area contributed by atoms with Gasteiger partial charge in [-0.2, -0.15) is 0 Å². The lowest BCUT2D eigenvalue weighted by molar-refractivity contribution is -0.117. The third-order valence-corrected chi connectivity index (χ3v) is 5.37. The van der Waals surface area contributed by atoms with Gasteiger partial charge in [-0.25, -0.2) is 9.50 Å². The molecule has 2 amide bonds. The Morgan fingerprint density at radius 2 is 2.07 bits per heavy atom. The number of ether oxygens (including phenoxy) is 1. The Hall–Kier alpha value is -3.62. The van der Waals surface area contributed by atoms with Crippen molar-refractivity contribution in [1.29, 1.82) is 0 Å². The average molecular weight is 409 g/mol. The zero-order valence-electron chi connectivity index (χ0n) is 17.1. The zero-order valence-corrected chi connectivity index (χ0v) is 17.1. The highest BCUT2D eigenvalue weighted by Crippen LogP contribution is 2.33. The second kappa shape index (κ2) is 7.66. The van der Waals surface area contributed by atoms with Crippen molar-refractivity contribution in [3.8, 4) is 5.75 Å². The molecule has 0 atom stereocenters. The van der Waals surface area contributed by atoms with Crippen molar-refractivity contribution in [3.63, 3.8) is 0 Å². The fourth-order valence-electron chi connectivity index (χ4n) is 3.86. The Labute approximate surface area is 172 Å². The normalized spacial score (nSPS) is 13.8. The summed E-state index contributed by atoms with van der Waals surface area (Å²) in [6, 6.07) is 6.67. The number of nitrogens with zero attached hydrogens (tertiary/aromatic N) is 3. The molecule has 0 unspecified atom stereocenters. The first-order chi connectivity index (χ1) is 14.4. The number of amides is 2. The maximum Gasteiger partial charge on any atom is 0.266 e. The maximum absolute atomic E-state index is 12.7. The van der Waals surface area contributed by atoms with E-state index < -0.39 is 0 Å². The summed E-state index contributed by atoms with van der Waals surface area (Å²) in [5.41, 5.74) is 3.77. The van der Waals surface area contributed by atoms with Crippen molar-refractivity contribution < 1.29 is 14.3 Å². The smallest absolute Gasteiger partial charge is 0.266 e. The van der Waals surface area contributed by atoms with Gasteiger partial charge in [-0.05, 0) is 32.4 Å². The number of aromatic amines is 1. The van der Waals surface area contributed by atoms with Gasteiger partial charge in [0.15, 0.2) is 5.65 Å². The van der Waals surface area contributed by atoms with Crippen molar-refractivity contribution in [3.05, 3.63) is 51.6 Å². The molecule has 3 heterocycles. The van der Waals surface area contributed by atoms with Gasteiger partial charge in [0, 0.05) is 47.7 Å². The number of nitrogens with one attached hydrogen (secondary N) is 2. The van der Waals surface area contributed by atoms with Gasteiger partial charge in [0.1, 0.15) is 5.75 Å². The third-order valence-electron chi connectivity index (χ3n) is 5.37. The van der Waals surface area contributed by atoms with E-state index >= 15 is 0 Å². The summed E-state index contributed by atoms with van der Waals surface area (Å²) in [4.78, 5) is 42.4. The average Bonchev–Trinajstić information content (AvgIpc) is 3.30. The first-order valence-electron chi connectivity index (χ1n) is 9.73. The van der Waals surface area contributed by atoms with Crippen LogP contribution >= 0.6 is 0 Å². The molecule has 0 bridgehead atoms. The highest BCUT2D eigenvalue weighted by Gasteiger charge is 2.24. The standard InChI is InChI=1S/C21H23N5O4/c1-12-15(13(2)26-18(22-12)11-20(28)24-26)10-19(27)23-14-6-7-16(17(9-14)30-3)25-8-4-5-21(25)29/h6-7,9,11H,4-5,8,10H2,1-3H3,(H,23,27)(H,24,28). The Balaban J connectivity index is 1.55. The molecule has 1 fully saturated rings. The molecule has 2 N–H and O–H groups in total. The molecule has 30 heavy (non-hydrogen) atoms. The van der Waals surface area contributed by atoms with E-state index in [2.05, 4.69) is 15.4 Å². The molecule has 1 saturated heterocycles. The van der Waals surface area contributed by atoms with Crippen LogP contribution in [-0.2, 0) is 16.0 Å². The van der Waals surface area contributed by atoms with E-state index in [1.54, 1.807) is 27.6 Å². The van der Waals surface area contributed by atoms with E-state index in [4.69, 9.17) is 4.74 Å². The molecule has 156 valence electrons. The van der Waals surface area contributed by atoms with Gasteiger partial charge < -0.3 is 15.0 Å². The van der Waals surface area contributed by atoms with Gasteiger partial charge in [0.2, 0.25) is 11.8 Å². The quantitative estimate of drug-likeness (QED) is 0.670. The third kappa shape index (κ3) is 3.54. The predicted molar refractivity (Wildman–Crippen MR) is 112 cm³/mol. The van der Waals surface area contributed by atoms with Crippen molar-refractivity contribution in [1.82, 2.24) is 14.6 Å². The molecule has 1 aliphatic heterocycles. The number of anilines is 2. The first-order valence-corrected chi connectivity index (χ1v) is 9.73. The molecule has 2 aromatic heterocycles. The molecule has 9 heteroatoms. The number of hydrogen-bond acceptors (Lipinski definition) is 5. The fraction of sp³-hybridized carbons (Fsp3) is 0.333. The summed E-state index contributed by atoms with van der Waals surface area (Å²) in [6.07, 6.45) is 1.46. The number of carbonyl (C=O) groups is 2. The molecule has 0 aliphatic carbocycles. The SMILES string of the molecule is COc1cc(NC(=O)Cc2c(C)nc3cc(=O)[nH]n3c2C)ccc1N1CCCC1=O. The summed E-state index contributed by atoms with van der Waals surface area (Å²) >= 11 is 0. The molecule has 4 rings (SSSR count). The maximum atomic E-state index is 12.7. The van der Waals surface area contributed by atoms with Crippen LogP contribution in [0.15, 0.2) is 29.1 Å². The summed E-state index contributed by atoms with van der Waals surface area (Å²) in [7, 11) is 1.54. The molecule has 0 saturated carbocycles. The van der Waals surface area contributed by atoms with Gasteiger partial charge in [-0.3, -0.25) is 19.5 Å². The second-order valence-electron chi connectivity index (χ2n) is 7.34. The van der Waals surface area contributed by atoms with Crippen LogP contribution in [0.3, 0.4) is 0 Å². The van der Waals surface area contributed by atoms with E-state index in [-0.39, 0.29) is 23.8 Å². The minimum atomic E-state index is -0.240. The summed E-state index contributed by atoms with van der Waals surface area (Å²) < 4.78 is 7.03. The van der Waals surface area contributed by atoms with E-state index in [1.807, 2.05) is 13.8 Å². The molecule has 3 aromatic rings. The Morgan fingerprint density at radius 1 is 1.27 bits per heavy atom. The van der Waals surface area contributed by atoms with Crippen LogP contribution in [-0.4, -0.2) is 40.1 Å². The van der Waals surface area contributed by atoms with E-state index in [0.717, 1.165) is 17.7 Å². The lowest BCUT2D eigenvalue weighted by Crippen LogP contribution is -2.24. The Morgan fingerprint density at radius 3 is 2.77 bits per heavy atom. The van der Waals surface area contributed by atoms with E-state index in [0.29, 0.717) is 41.4 Å². The predicted octanol–water partition coefficient (Wildman–Crippen LogP) is 1.96. The largest absolute Gasteiger partial charge is 0.494 e. The van der Waals surface area contributed by atoms with Gasteiger partial charge in [-0.1, -0.05) is 0 Å². The molecule has 9 nitrogen and oxygen atoms in total. The summed E-state index contributed by atoms with van der Waals surface area (Å²) in [6.45, 7) is 4.32. The van der Waals surface area contributed by atoms with Crippen LogP contribution in [0.4, 0.5) is 11.4 Å². The monoisotopic (exact) mass is 409 g/mol. The van der Waals surface area contributed by atoms with E-state index in [1.165, 1.54) is 13.2 Å². The minimum Gasteiger partial charge on any atom is -0.494 e. The van der Waals surface area contributed by atoms with Crippen LogP contribution in [0.1, 0.15) is 29.8 Å². The van der Waals surface area contributed by atoms with Crippen LogP contribution < -0.4 is 20.5 Å². The lowest BCUT2D eigenvalue weighted by Gasteiger charge is -2.20. The highest BCUT2D eigenvalue weighted by atomic mass is 16.5. The molecule has 0 spiro atoms. The summed E-state index contributed by atoms with van der Waals surface area (Å²) in [5, 5.41) is 5.56. The van der Waals surface area contributed by atoms with Gasteiger partial charge in [0.25, 0.3) is 5.56 Å². The number of hydrogen-bond donors (Lipinski definition) is 2. The second-order valence-corrected chi connectivity index (χ2v) is 7.34. The fourth-order valence-corrected chi connectivity index (χ4v) is 3.86.